The molecule has 5 heteroatoms. The highest BCUT2D eigenvalue weighted by molar-refractivity contribution is 5.65. The summed E-state index contributed by atoms with van der Waals surface area (Å²) in [5.41, 5.74) is 0.848. The molecular weight excluding hydrogens is 236 g/mol. The number of aromatic hydroxyl groups is 1. The average Bonchev–Trinajstić information content (AvgIpc) is 2.32. The minimum atomic E-state index is -1.47. The molecule has 5 nitrogen and oxygen atoms in total. The fraction of sp³-hybridized carbons (Fsp3) is 0.462. The number of methoxy groups -OCH3 is 1. The van der Waals surface area contributed by atoms with E-state index in [0.29, 0.717) is 0 Å². The third-order valence-corrected chi connectivity index (χ3v) is 2.63. The van der Waals surface area contributed by atoms with Crippen LogP contribution >= 0.6 is 0 Å². The Morgan fingerprint density at radius 3 is 2.61 bits per heavy atom. The number of carboxylic acid groups (broad SMARTS) is 1. The molecule has 0 saturated carbocycles. The topological polar surface area (TPSA) is 76.0 Å². The minimum absolute atomic E-state index is 0.112. The van der Waals surface area contributed by atoms with Crippen molar-refractivity contribution in [3.05, 3.63) is 17.7 Å². The van der Waals surface area contributed by atoms with Gasteiger partial charge in [0.25, 0.3) is 0 Å². The number of hydrogen-bond acceptors (Lipinski definition) is 4. The number of ether oxygens (including phenoxy) is 2. The van der Waals surface area contributed by atoms with Gasteiger partial charge in [0.05, 0.1) is 7.11 Å². The molecule has 0 bridgehead atoms. The fourth-order valence-corrected chi connectivity index (χ4v) is 1.76. The van der Waals surface area contributed by atoms with E-state index < -0.39 is 6.16 Å². The van der Waals surface area contributed by atoms with Gasteiger partial charge in [0, 0.05) is 0 Å². The smallest absolute Gasteiger partial charge is 0.502 e. The quantitative estimate of drug-likeness (QED) is 0.463. The highest BCUT2D eigenvalue weighted by atomic mass is 16.7. The minimum Gasteiger partial charge on any atom is -0.502 e. The SMILES string of the molecule is CCCCCc1ccc(OC(=O)O)c(O)c1OC. The first-order valence-corrected chi connectivity index (χ1v) is 5.89. The monoisotopic (exact) mass is 254 g/mol. The molecular formula is C13H18O5. The molecule has 0 unspecified atom stereocenters. The second kappa shape index (κ2) is 6.74. The Bertz CT molecular complexity index is 414. The maximum atomic E-state index is 10.4. The summed E-state index contributed by atoms with van der Waals surface area (Å²) in [6.07, 6.45) is 2.50. The van der Waals surface area contributed by atoms with Crippen molar-refractivity contribution in [3.8, 4) is 17.2 Å². The molecule has 18 heavy (non-hydrogen) atoms. The molecule has 1 aromatic carbocycles. The first kappa shape index (κ1) is 14.2. The largest absolute Gasteiger partial charge is 0.511 e. The lowest BCUT2D eigenvalue weighted by Gasteiger charge is -2.12. The van der Waals surface area contributed by atoms with Gasteiger partial charge in [-0.1, -0.05) is 25.8 Å². The predicted octanol–water partition coefficient (Wildman–Crippen LogP) is 3.19. The number of aryl methyl sites for hydroxylation is 1. The van der Waals surface area contributed by atoms with Crippen molar-refractivity contribution >= 4 is 6.16 Å². The van der Waals surface area contributed by atoms with Crippen LogP contribution in [-0.4, -0.2) is 23.5 Å². The van der Waals surface area contributed by atoms with Crippen LogP contribution in [0.15, 0.2) is 12.1 Å². The first-order chi connectivity index (χ1) is 8.60. The molecule has 0 spiro atoms. The highest BCUT2D eigenvalue weighted by Crippen LogP contribution is 2.39. The van der Waals surface area contributed by atoms with E-state index >= 15 is 0 Å². The van der Waals surface area contributed by atoms with Crippen molar-refractivity contribution < 1.29 is 24.5 Å². The van der Waals surface area contributed by atoms with Crippen LogP contribution in [0.25, 0.3) is 0 Å². The summed E-state index contributed by atoms with van der Waals surface area (Å²) in [5, 5.41) is 18.4. The molecule has 100 valence electrons. The van der Waals surface area contributed by atoms with Gasteiger partial charge in [0.2, 0.25) is 5.75 Å². The molecule has 0 radical (unpaired) electrons. The van der Waals surface area contributed by atoms with Gasteiger partial charge in [-0.3, -0.25) is 0 Å². The van der Waals surface area contributed by atoms with E-state index in [2.05, 4.69) is 11.7 Å². The van der Waals surface area contributed by atoms with Crippen molar-refractivity contribution in [3.63, 3.8) is 0 Å². The number of rotatable bonds is 6. The third kappa shape index (κ3) is 3.55. The molecule has 2 N–H and O–H groups in total. The molecule has 1 aromatic rings. The van der Waals surface area contributed by atoms with Crippen molar-refractivity contribution in [1.82, 2.24) is 0 Å². The standard InChI is InChI=1S/C13H18O5/c1-3-4-5-6-9-7-8-10(18-13(15)16)11(14)12(9)17-2/h7-8,14H,3-6H2,1-2H3,(H,15,16). The van der Waals surface area contributed by atoms with E-state index in [9.17, 15) is 9.90 Å². The van der Waals surface area contributed by atoms with E-state index in [1.54, 1.807) is 6.07 Å². The molecule has 0 amide bonds. The van der Waals surface area contributed by atoms with E-state index in [4.69, 9.17) is 9.84 Å². The zero-order valence-corrected chi connectivity index (χ0v) is 10.6. The zero-order valence-electron chi connectivity index (χ0n) is 10.6. The van der Waals surface area contributed by atoms with Crippen molar-refractivity contribution in [2.24, 2.45) is 0 Å². The summed E-state index contributed by atoms with van der Waals surface area (Å²) in [6, 6.07) is 3.15. The average molecular weight is 254 g/mol. The molecule has 0 aromatic heterocycles. The lowest BCUT2D eigenvalue weighted by Crippen LogP contribution is -2.04. The van der Waals surface area contributed by atoms with Crippen LogP contribution in [-0.2, 0) is 6.42 Å². The number of unbranched alkanes of at least 4 members (excludes halogenated alkanes) is 2. The molecule has 0 atom stereocenters. The lowest BCUT2D eigenvalue weighted by atomic mass is 10.1. The van der Waals surface area contributed by atoms with Gasteiger partial charge < -0.3 is 19.7 Å². The molecule has 0 aliphatic heterocycles. The van der Waals surface area contributed by atoms with E-state index in [0.717, 1.165) is 31.2 Å². The Balaban J connectivity index is 2.93. The first-order valence-electron chi connectivity index (χ1n) is 5.89. The van der Waals surface area contributed by atoms with Gasteiger partial charge in [0.1, 0.15) is 0 Å². The summed E-state index contributed by atoms with van der Waals surface area (Å²) in [5.74, 6) is -0.0997. The molecule has 1 rings (SSSR count). The number of hydrogen-bond donors (Lipinski definition) is 2. The van der Waals surface area contributed by atoms with Gasteiger partial charge in [-0.15, -0.1) is 0 Å². The second-order valence-corrected chi connectivity index (χ2v) is 3.93. The summed E-state index contributed by atoms with van der Waals surface area (Å²) in [4.78, 5) is 10.4. The Hall–Kier alpha value is -1.91. The van der Waals surface area contributed by atoms with Crippen molar-refractivity contribution in [1.29, 1.82) is 0 Å². The van der Waals surface area contributed by atoms with E-state index in [1.165, 1.54) is 13.2 Å². The normalized spacial score (nSPS) is 10.1. The molecule has 0 aliphatic carbocycles. The van der Waals surface area contributed by atoms with E-state index in [-0.39, 0.29) is 17.2 Å². The maximum absolute atomic E-state index is 10.4. The Labute approximate surface area is 106 Å². The maximum Gasteiger partial charge on any atom is 0.511 e. The zero-order chi connectivity index (χ0) is 13.5. The van der Waals surface area contributed by atoms with Gasteiger partial charge >= 0.3 is 6.16 Å². The van der Waals surface area contributed by atoms with Crippen LogP contribution in [0.2, 0.25) is 0 Å². The Kier molecular flexibility index (Phi) is 5.30. The van der Waals surface area contributed by atoms with Crippen LogP contribution in [0.5, 0.6) is 17.2 Å². The predicted molar refractivity (Wildman–Crippen MR) is 66.5 cm³/mol. The van der Waals surface area contributed by atoms with E-state index in [1.807, 2.05) is 0 Å². The van der Waals surface area contributed by atoms with Crippen molar-refractivity contribution in [2.75, 3.05) is 7.11 Å². The van der Waals surface area contributed by atoms with Crippen LogP contribution in [0.1, 0.15) is 31.7 Å². The van der Waals surface area contributed by atoms with Gasteiger partial charge in [-0.05, 0) is 24.5 Å². The lowest BCUT2D eigenvalue weighted by molar-refractivity contribution is 0.142. The third-order valence-electron chi connectivity index (χ3n) is 2.63. The summed E-state index contributed by atoms with van der Waals surface area (Å²) in [6.45, 7) is 2.11. The highest BCUT2D eigenvalue weighted by Gasteiger charge is 2.16. The number of carbonyl (C=O) groups is 1. The summed E-state index contributed by atoms with van der Waals surface area (Å²) < 4.78 is 9.56. The number of phenolic OH excluding ortho intramolecular Hbond substituents is 1. The van der Waals surface area contributed by atoms with Crippen LogP contribution in [0.3, 0.4) is 0 Å². The summed E-state index contributed by atoms with van der Waals surface area (Å²) >= 11 is 0. The van der Waals surface area contributed by atoms with Gasteiger partial charge in [0.15, 0.2) is 11.5 Å². The summed E-state index contributed by atoms with van der Waals surface area (Å²) in [7, 11) is 1.43. The van der Waals surface area contributed by atoms with Gasteiger partial charge in [-0.25, -0.2) is 4.79 Å². The molecule has 0 saturated heterocycles. The van der Waals surface area contributed by atoms with Crippen LogP contribution < -0.4 is 9.47 Å². The Morgan fingerprint density at radius 2 is 2.06 bits per heavy atom. The molecule has 0 aliphatic rings. The molecule has 0 fully saturated rings. The molecule has 0 heterocycles. The fourth-order valence-electron chi connectivity index (χ4n) is 1.76. The van der Waals surface area contributed by atoms with Gasteiger partial charge in [-0.2, -0.15) is 0 Å². The van der Waals surface area contributed by atoms with Crippen LogP contribution in [0.4, 0.5) is 4.79 Å². The van der Waals surface area contributed by atoms with Crippen LogP contribution in [0, 0.1) is 0 Å². The Morgan fingerprint density at radius 1 is 1.33 bits per heavy atom. The second-order valence-electron chi connectivity index (χ2n) is 3.93. The number of benzene rings is 1. The van der Waals surface area contributed by atoms with Crippen molar-refractivity contribution in [2.45, 2.75) is 32.6 Å². The number of phenols is 1.